The summed E-state index contributed by atoms with van der Waals surface area (Å²) in [7, 11) is 1.51. The topological polar surface area (TPSA) is 108 Å². The van der Waals surface area contributed by atoms with Gasteiger partial charge in [-0.1, -0.05) is 13.3 Å². The average Bonchev–Trinajstić information content (AvgIpc) is 2.49. The molecule has 2 atom stereocenters. The number of morpholine rings is 1. The number of amides is 3. The van der Waals surface area contributed by atoms with E-state index in [1.165, 1.54) is 11.9 Å². The molecule has 0 aliphatic carbocycles. The van der Waals surface area contributed by atoms with Crippen molar-refractivity contribution in [3.8, 4) is 0 Å². The largest absolute Gasteiger partial charge is 0.481 e. The Morgan fingerprint density at radius 2 is 2.14 bits per heavy atom. The van der Waals surface area contributed by atoms with E-state index in [2.05, 4.69) is 10.6 Å². The Kier molecular flexibility index (Phi) is 6.93. The number of rotatable bonds is 6. The van der Waals surface area contributed by atoms with Crippen molar-refractivity contribution >= 4 is 17.9 Å². The van der Waals surface area contributed by atoms with Crippen molar-refractivity contribution in [1.29, 1.82) is 0 Å². The van der Waals surface area contributed by atoms with Crippen LogP contribution in [0.3, 0.4) is 0 Å². The summed E-state index contributed by atoms with van der Waals surface area (Å²) < 4.78 is 5.22. The Hall–Kier alpha value is -1.83. The maximum absolute atomic E-state index is 12.2. The summed E-state index contributed by atoms with van der Waals surface area (Å²) in [6.07, 6.45) is 0.674. The van der Waals surface area contributed by atoms with Crippen molar-refractivity contribution < 1.29 is 24.2 Å². The maximum Gasteiger partial charge on any atom is 0.318 e. The van der Waals surface area contributed by atoms with Gasteiger partial charge >= 0.3 is 12.0 Å². The third-order valence-electron chi connectivity index (χ3n) is 3.52. The average molecular weight is 301 g/mol. The fourth-order valence-corrected chi connectivity index (χ4v) is 2.17. The number of carboxylic acids is 1. The molecule has 0 aromatic heterocycles. The number of carboxylic acid groups (broad SMARTS) is 1. The summed E-state index contributed by atoms with van der Waals surface area (Å²) in [6.45, 7) is 3.04. The maximum atomic E-state index is 12.2. The Morgan fingerprint density at radius 3 is 2.71 bits per heavy atom. The molecule has 3 amide bonds. The summed E-state index contributed by atoms with van der Waals surface area (Å²) in [5.74, 6) is -1.28. The number of carbonyl (C=O) groups is 3. The molecule has 0 radical (unpaired) electrons. The lowest BCUT2D eigenvalue weighted by Crippen LogP contribution is -2.58. The second kappa shape index (κ2) is 8.46. The molecule has 8 nitrogen and oxygen atoms in total. The number of likely N-dealkylation sites (N-methyl/N-ethyl adjacent to an activating group) is 1. The van der Waals surface area contributed by atoms with E-state index < -0.39 is 12.0 Å². The zero-order valence-corrected chi connectivity index (χ0v) is 12.4. The number of urea groups is 1. The molecule has 0 aromatic rings. The molecule has 0 aromatic carbocycles. The second-order valence-corrected chi connectivity index (χ2v) is 4.96. The van der Waals surface area contributed by atoms with Crippen LogP contribution in [-0.2, 0) is 14.3 Å². The van der Waals surface area contributed by atoms with Crippen LogP contribution < -0.4 is 10.6 Å². The Labute approximate surface area is 123 Å². The first-order chi connectivity index (χ1) is 9.99. The SMILES string of the molecule is CCC(CNC(=O)N1CCOCC1C(=O)NC)CC(=O)O. The lowest BCUT2D eigenvalue weighted by molar-refractivity contribution is -0.138. The molecule has 120 valence electrons. The highest BCUT2D eigenvalue weighted by Gasteiger charge is 2.32. The molecule has 0 bridgehead atoms. The minimum atomic E-state index is -0.884. The number of carbonyl (C=O) groups excluding carboxylic acids is 2. The molecule has 0 saturated carbocycles. The minimum absolute atomic E-state index is 0.0127. The van der Waals surface area contributed by atoms with Crippen LogP contribution in [0, 0.1) is 5.92 Å². The van der Waals surface area contributed by atoms with Crippen molar-refractivity contribution in [2.24, 2.45) is 5.92 Å². The van der Waals surface area contributed by atoms with Gasteiger partial charge in [0.2, 0.25) is 5.91 Å². The summed E-state index contributed by atoms with van der Waals surface area (Å²) in [6, 6.07) is -1.01. The lowest BCUT2D eigenvalue weighted by atomic mass is 10.0. The third kappa shape index (κ3) is 5.22. The highest BCUT2D eigenvalue weighted by Crippen LogP contribution is 2.10. The first kappa shape index (κ1) is 17.2. The number of ether oxygens (including phenoxy) is 1. The third-order valence-corrected chi connectivity index (χ3v) is 3.52. The Bertz CT molecular complexity index is 388. The standard InChI is InChI=1S/C13H23N3O5/c1-3-9(6-11(17)18)7-15-13(20)16-4-5-21-8-10(16)12(19)14-2/h9-10H,3-8H2,1-2H3,(H,14,19)(H,15,20)(H,17,18). The minimum Gasteiger partial charge on any atom is -0.481 e. The van der Waals surface area contributed by atoms with Crippen LogP contribution in [0.5, 0.6) is 0 Å². The van der Waals surface area contributed by atoms with Crippen molar-refractivity contribution in [2.45, 2.75) is 25.8 Å². The molecule has 1 aliphatic rings. The van der Waals surface area contributed by atoms with E-state index in [4.69, 9.17) is 9.84 Å². The van der Waals surface area contributed by atoms with E-state index in [0.717, 1.165) is 0 Å². The first-order valence-corrected chi connectivity index (χ1v) is 7.05. The molecule has 21 heavy (non-hydrogen) atoms. The van der Waals surface area contributed by atoms with Gasteiger partial charge in [-0.15, -0.1) is 0 Å². The van der Waals surface area contributed by atoms with E-state index >= 15 is 0 Å². The fraction of sp³-hybridized carbons (Fsp3) is 0.769. The molecule has 1 rings (SSSR count). The summed E-state index contributed by atoms with van der Waals surface area (Å²) >= 11 is 0. The summed E-state index contributed by atoms with van der Waals surface area (Å²) in [4.78, 5) is 36.0. The second-order valence-electron chi connectivity index (χ2n) is 4.96. The summed E-state index contributed by atoms with van der Waals surface area (Å²) in [5, 5.41) is 14.0. The van der Waals surface area contributed by atoms with Gasteiger partial charge in [0.25, 0.3) is 0 Å². The zero-order valence-electron chi connectivity index (χ0n) is 12.4. The van der Waals surface area contributed by atoms with Gasteiger partial charge in [-0.2, -0.15) is 0 Å². The van der Waals surface area contributed by atoms with Crippen molar-refractivity contribution in [3.63, 3.8) is 0 Å². The number of aliphatic carboxylic acids is 1. The van der Waals surface area contributed by atoms with Crippen molar-refractivity contribution in [3.05, 3.63) is 0 Å². The molecule has 8 heteroatoms. The van der Waals surface area contributed by atoms with Gasteiger partial charge in [0, 0.05) is 26.6 Å². The van der Waals surface area contributed by atoms with E-state index in [-0.39, 0.29) is 37.4 Å². The molecule has 1 saturated heterocycles. The highest BCUT2D eigenvalue weighted by molar-refractivity contribution is 5.87. The molecule has 1 fully saturated rings. The van der Waals surface area contributed by atoms with E-state index in [0.29, 0.717) is 19.6 Å². The van der Waals surface area contributed by atoms with Gasteiger partial charge < -0.3 is 25.4 Å². The fourth-order valence-electron chi connectivity index (χ4n) is 2.17. The van der Waals surface area contributed by atoms with Crippen LogP contribution in [0.2, 0.25) is 0 Å². The van der Waals surface area contributed by atoms with Crippen LogP contribution in [-0.4, -0.2) is 67.3 Å². The van der Waals surface area contributed by atoms with Crippen LogP contribution in [0.1, 0.15) is 19.8 Å². The van der Waals surface area contributed by atoms with E-state index in [1.807, 2.05) is 6.92 Å². The number of hydrogen-bond acceptors (Lipinski definition) is 4. The molecule has 3 N–H and O–H groups in total. The van der Waals surface area contributed by atoms with Gasteiger partial charge in [-0.3, -0.25) is 9.59 Å². The first-order valence-electron chi connectivity index (χ1n) is 7.05. The molecular weight excluding hydrogens is 278 g/mol. The Balaban J connectivity index is 2.55. The van der Waals surface area contributed by atoms with Crippen LogP contribution >= 0.6 is 0 Å². The van der Waals surface area contributed by atoms with Crippen molar-refractivity contribution in [2.75, 3.05) is 33.4 Å². The molecule has 1 aliphatic heterocycles. The zero-order chi connectivity index (χ0) is 15.8. The number of nitrogens with one attached hydrogen (secondary N) is 2. The monoisotopic (exact) mass is 301 g/mol. The molecule has 1 heterocycles. The van der Waals surface area contributed by atoms with Gasteiger partial charge in [-0.25, -0.2) is 4.79 Å². The Morgan fingerprint density at radius 1 is 1.43 bits per heavy atom. The van der Waals surface area contributed by atoms with Crippen LogP contribution in [0.4, 0.5) is 4.79 Å². The van der Waals surface area contributed by atoms with Crippen LogP contribution in [0.25, 0.3) is 0 Å². The van der Waals surface area contributed by atoms with Gasteiger partial charge in [0.15, 0.2) is 0 Å². The van der Waals surface area contributed by atoms with Gasteiger partial charge in [0.1, 0.15) is 6.04 Å². The highest BCUT2D eigenvalue weighted by atomic mass is 16.5. The van der Waals surface area contributed by atoms with E-state index in [9.17, 15) is 14.4 Å². The van der Waals surface area contributed by atoms with Crippen molar-refractivity contribution in [1.82, 2.24) is 15.5 Å². The predicted octanol–water partition coefficient (Wildman–Crippen LogP) is -0.356. The van der Waals surface area contributed by atoms with Gasteiger partial charge in [0.05, 0.1) is 13.2 Å². The predicted molar refractivity (Wildman–Crippen MR) is 74.8 cm³/mol. The smallest absolute Gasteiger partial charge is 0.318 e. The van der Waals surface area contributed by atoms with Gasteiger partial charge in [-0.05, 0) is 5.92 Å². The number of nitrogens with zero attached hydrogens (tertiary/aromatic N) is 1. The molecule has 2 unspecified atom stereocenters. The lowest BCUT2D eigenvalue weighted by Gasteiger charge is -2.34. The normalized spacial score (nSPS) is 19.7. The molecular formula is C13H23N3O5. The molecule has 0 spiro atoms. The quantitative estimate of drug-likeness (QED) is 0.621. The van der Waals surface area contributed by atoms with Crippen LogP contribution in [0.15, 0.2) is 0 Å². The summed E-state index contributed by atoms with van der Waals surface area (Å²) in [5.41, 5.74) is 0. The number of hydrogen-bond donors (Lipinski definition) is 3. The van der Waals surface area contributed by atoms with E-state index in [1.54, 1.807) is 0 Å².